The Balaban J connectivity index is 1.25. The zero-order chi connectivity index (χ0) is 34.9. The van der Waals surface area contributed by atoms with Crippen LogP contribution in [0.25, 0.3) is 21.9 Å². The van der Waals surface area contributed by atoms with Crippen LogP contribution in [0.4, 0.5) is 34.1 Å². The van der Waals surface area contributed by atoms with Gasteiger partial charge < -0.3 is 9.80 Å². The van der Waals surface area contributed by atoms with E-state index in [-0.39, 0.29) is 16.2 Å². The first-order valence-corrected chi connectivity index (χ1v) is 18.3. The largest absolute Gasteiger partial charge is 0.310 e. The Labute approximate surface area is 301 Å². The minimum atomic E-state index is -0.189. The van der Waals surface area contributed by atoms with Crippen molar-refractivity contribution in [2.24, 2.45) is 0 Å². The summed E-state index contributed by atoms with van der Waals surface area (Å²) in [6, 6.07) is 54.2. The molecule has 2 nitrogen and oxygen atoms in total. The van der Waals surface area contributed by atoms with Crippen molar-refractivity contribution < 1.29 is 0 Å². The van der Waals surface area contributed by atoms with Crippen LogP contribution in [-0.4, -0.2) is 0 Å². The van der Waals surface area contributed by atoms with E-state index in [1.54, 1.807) is 0 Å². The molecule has 0 bridgehead atoms. The third-order valence-electron chi connectivity index (χ3n) is 12.4. The monoisotopic (exact) mass is 658 g/mol. The van der Waals surface area contributed by atoms with Crippen LogP contribution in [0.5, 0.6) is 0 Å². The molecule has 0 atom stereocenters. The molecule has 0 aromatic heterocycles. The SMILES string of the molecule is CC1(C)c2cccc3c2N2c4c1cccc4C(C)(C)c1cc(-c4ccc(N(c5ccccc5)c5ccccc5)c5ccccc45)cc(c12)C3(C)C. The summed E-state index contributed by atoms with van der Waals surface area (Å²) >= 11 is 0. The molecule has 51 heavy (non-hydrogen) atoms. The Hall–Kier alpha value is -5.60. The molecule has 0 saturated heterocycles. The lowest BCUT2D eigenvalue weighted by atomic mass is 9.60. The van der Waals surface area contributed by atoms with Gasteiger partial charge in [0, 0.05) is 33.0 Å². The fourth-order valence-electron chi connectivity index (χ4n) is 9.65. The van der Waals surface area contributed by atoms with E-state index in [1.165, 1.54) is 78.0 Å². The molecule has 0 amide bonds. The van der Waals surface area contributed by atoms with Crippen LogP contribution in [0.2, 0.25) is 0 Å². The Morgan fingerprint density at radius 1 is 0.392 bits per heavy atom. The molecule has 248 valence electrons. The maximum atomic E-state index is 2.66. The van der Waals surface area contributed by atoms with Crippen molar-refractivity contribution in [3.05, 3.63) is 179 Å². The molecule has 3 heterocycles. The van der Waals surface area contributed by atoms with Crippen LogP contribution in [-0.2, 0) is 16.2 Å². The summed E-state index contributed by atoms with van der Waals surface area (Å²) in [5, 5.41) is 2.49. The number of anilines is 6. The van der Waals surface area contributed by atoms with Gasteiger partial charge in [0.2, 0.25) is 0 Å². The van der Waals surface area contributed by atoms with Gasteiger partial charge in [-0.25, -0.2) is 0 Å². The summed E-state index contributed by atoms with van der Waals surface area (Å²) in [6.45, 7) is 14.6. The second-order valence-corrected chi connectivity index (χ2v) is 16.2. The molecule has 0 saturated carbocycles. The van der Waals surface area contributed by atoms with E-state index < -0.39 is 0 Å². The molecule has 0 fully saturated rings. The summed E-state index contributed by atoms with van der Waals surface area (Å²) in [5.41, 5.74) is 18.1. The highest BCUT2D eigenvalue weighted by Gasteiger charge is 2.51. The molecule has 0 N–H and O–H groups in total. The first kappa shape index (κ1) is 30.2. The molecule has 2 heteroatoms. The summed E-state index contributed by atoms with van der Waals surface area (Å²) in [5.74, 6) is 0. The second kappa shape index (κ2) is 10.2. The molecular weight excluding hydrogens is 617 g/mol. The lowest BCUT2D eigenvalue weighted by Gasteiger charge is -2.55. The van der Waals surface area contributed by atoms with E-state index in [4.69, 9.17) is 0 Å². The highest BCUT2D eigenvalue weighted by atomic mass is 15.2. The first-order valence-electron chi connectivity index (χ1n) is 18.3. The topological polar surface area (TPSA) is 6.48 Å². The molecule has 0 unspecified atom stereocenters. The molecule has 0 aliphatic carbocycles. The van der Waals surface area contributed by atoms with Crippen LogP contribution in [0.15, 0.2) is 146 Å². The number of rotatable bonds is 4. The van der Waals surface area contributed by atoms with Gasteiger partial charge in [-0.2, -0.15) is 0 Å². The third-order valence-corrected chi connectivity index (χ3v) is 12.4. The molecule has 3 aliphatic rings. The van der Waals surface area contributed by atoms with Crippen molar-refractivity contribution in [3.8, 4) is 11.1 Å². The fourth-order valence-corrected chi connectivity index (χ4v) is 9.65. The standard InChI is InChI=1S/C49H42N2/c1-47(2)37-23-15-25-39-44(37)51-45-38(47)24-16-26-40(45)49(5,6)42-30-31(29-41(46(42)51)48(39,3)4)34-27-28-43(36-22-14-13-21-35(34)36)50(32-17-9-7-10-18-32)33-19-11-8-12-20-33/h7-30H,1-6H3. The van der Waals surface area contributed by atoms with E-state index in [2.05, 4.69) is 197 Å². The van der Waals surface area contributed by atoms with Crippen LogP contribution < -0.4 is 9.80 Å². The minimum absolute atomic E-state index is 0.0949. The van der Waals surface area contributed by atoms with Crippen LogP contribution in [0.3, 0.4) is 0 Å². The maximum absolute atomic E-state index is 2.66. The molecule has 0 radical (unpaired) electrons. The van der Waals surface area contributed by atoms with Gasteiger partial charge in [-0.15, -0.1) is 0 Å². The summed E-state index contributed by atoms with van der Waals surface area (Å²) in [4.78, 5) is 5.04. The second-order valence-electron chi connectivity index (χ2n) is 16.2. The van der Waals surface area contributed by atoms with Gasteiger partial charge in [0.05, 0.1) is 22.7 Å². The number of nitrogens with zero attached hydrogens (tertiary/aromatic N) is 2. The first-order chi connectivity index (χ1) is 24.6. The smallest absolute Gasteiger partial charge is 0.0544 e. The van der Waals surface area contributed by atoms with E-state index in [9.17, 15) is 0 Å². The highest BCUT2D eigenvalue weighted by Crippen LogP contribution is 2.66. The van der Waals surface area contributed by atoms with Crippen molar-refractivity contribution in [2.75, 3.05) is 9.80 Å². The summed E-state index contributed by atoms with van der Waals surface area (Å²) < 4.78 is 0. The Morgan fingerprint density at radius 3 is 1.29 bits per heavy atom. The number of benzene rings is 7. The molecule has 0 spiro atoms. The predicted molar refractivity (Wildman–Crippen MR) is 215 cm³/mol. The van der Waals surface area contributed by atoms with E-state index in [0.717, 1.165) is 11.4 Å². The van der Waals surface area contributed by atoms with E-state index in [1.807, 2.05) is 0 Å². The highest BCUT2D eigenvalue weighted by molar-refractivity contribution is 6.07. The zero-order valence-corrected chi connectivity index (χ0v) is 30.3. The van der Waals surface area contributed by atoms with E-state index >= 15 is 0 Å². The average molecular weight is 659 g/mol. The fraction of sp³-hybridized carbons (Fsp3) is 0.184. The molecular formula is C49H42N2. The number of hydrogen-bond acceptors (Lipinski definition) is 2. The van der Waals surface area contributed by atoms with Crippen molar-refractivity contribution in [3.63, 3.8) is 0 Å². The normalized spacial score (nSPS) is 16.5. The van der Waals surface area contributed by atoms with Crippen LogP contribution >= 0.6 is 0 Å². The van der Waals surface area contributed by atoms with E-state index in [0.29, 0.717) is 0 Å². The number of fused-ring (bicyclic) bond motifs is 1. The lowest BCUT2D eigenvalue weighted by Crippen LogP contribution is -2.43. The number of hydrogen-bond donors (Lipinski definition) is 0. The Morgan fingerprint density at radius 2 is 0.804 bits per heavy atom. The Bertz CT molecular complexity index is 2430. The summed E-state index contributed by atoms with van der Waals surface area (Å²) in [7, 11) is 0. The maximum Gasteiger partial charge on any atom is 0.0544 e. The lowest BCUT2D eigenvalue weighted by molar-refractivity contribution is 0.567. The summed E-state index contributed by atoms with van der Waals surface area (Å²) in [6.07, 6.45) is 0. The quantitative estimate of drug-likeness (QED) is 0.186. The van der Waals surface area contributed by atoms with Crippen molar-refractivity contribution in [1.82, 2.24) is 0 Å². The Kier molecular flexibility index (Phi) is 6.07. The van der Waals surface area contributed by atoms with Gasteiger partial charge in [0.1, 0.15) is 0 Å². The van der Waals surface area contributed by atoms with Gasteiger partial charge in [-0.05, 0) is 92.4 Å². The van der Waals surface area contributed by atoms with Crippen LogP contribution in [0.1, 0.15) is 74.9 Å². The third kappa shape index (κ3) is 3.94. The molecule has 7 aromatic carbocycles. The minimum Gasteiger partial charge on any atom is -0.310 e. The average Bonchev–Trinajstić information content (AvgIpc) is 3.15. The van der Waals surface area contributed by atoms with Crippen LogP contribution in [0, 0.1) is 0 Å². The van der Waals surface area contributed by atoms with Gasteiger partial charge >= 0.3 is 0 Å². The zero-order valence-electron chi connectivity index (χ0n) is 30.3. The predicted octanol–water partition coefficient (Wildman–Crippen LogP) is 13.4. The molecule has 7 aromatic rings. The van der Waals surface area contributed by atoms with Gasteiger partial charge in [0.15, 0.2) is 0 Å². The van der Waals surface area contributed by atoms with Gasteiger partial charge in [-0.1, -0.05) is 145 Å². The van der Waals surface area contributed by atoms with Gasteiger partial charge in [-0.3, -0.25) is 0 Å². The van der Waals surface area contributed by atoms with Gasteiger partial charge in [0.25, 0.3) is 0 Å². The molecule has 10 rings (SSSR count). The van der Waals surface area contributed by atoms with Crippen molar-refractivity contribution in [1.29, 1.82) is 0 Å². The molecule has 3 aliphatic heterocycles. The van der Waals surface area contributed by atoms with Crippen molar-refractivity contribution >= 4 is 44.9 Å². The van der Waals surface area contributed by atoms with Crippen molar-refractivity contribution in [2.45, 2.75) is 57.8 Å². The number of para-hydroxylation sites is 4.